The van der Waals surface area contributed by atoms with Crippen LogP contribution in [-0.4, -0.2) is 148 Å². The third-order valence-electron chi connectivity index (χ3n) is 16.7. The second kappa shape index (κ2) is 49.8. The van der Waals surface area contributed by atoms with Gasteiger partial charge in [0.1, 0.15) is 54.8 Å². The number of esters is 1. The predicted molar refractivity (Wildman–Crippen MR) is 337 cm³/mol. The van der Waals surface area contributed by atoms with Crippen molar-refractivity contribution >= 4 is 25.6 Å². The number of ether oxygens (including phenoxy) is 4. The van der Waals surface area contributed by atoms with Crippen LogP contribution in [0.5, 0.6) is 0 Å². The molecule has 2 aliphatic rings. The van der Waals surface area contributed by atoms with Gasteiger partial charge in [-0.25, -0.2) is 4.57 Å². The van der Waals surface area contributed by atoms with Gasteiger partial charge in [-0.15, -0.1) is 0 Å². The van der Waals surface area contributed by atoms with Crippen molar-refractivity contribution in [1.29, 1.82) is 0 Å². The molecular weight excluding hydrogens is 1120 g/mol. The molecule has 86 heavy (non-hydrogen) atoms. The maximum absolute atomic E-state index is 14.0. The summed E-state index contributed by atoms with van der Waals surface area (Å²) < 4.78 is 54.2. The number of unbranched alkanes of at least 4 members (excludes halogenated alkanes) is 28. The monoisotopic (exact) mass is 1250 g/mol. The van der Waals surface area contributed by atoms with Gasteiger partial charge in [0.2, 0.25) is 11.8 Å². The lowest BCUT2D eigenvalue weighted by molar-refractivity contribution is -0.296. The van der Waals surface area contributed by atoms with E-state index in [0.29, 0.717) is 19.3 Å². The molecule has 2 aliphatic heterocycles. The van der Waals surface area contributed by atoms with Gasteiger partial charge in [0, 0.05) is 6.42 Å². The number of amides is 2. The number of aliphatic hydroxyl groups is 6. The molecule has 0 aromatic heterocycles. The molecule has 0 saturated carbocycles. The average Bonchev–Trinajstić information content (AvgIpc) is 3.66. The highest BCUT2D eigenvalue weighted by Crippen LogP contribution is 2.51. The summed E-state index contributed by atoms with van der Waals surface area (Å²) in [6.07, 6.45) is 23.0. The Bertz CT molecular complexity index is 1720. The van der Waals surface area contributed by atoms with Gasteiger partial charge in [0.15, 0.2) is 12.6 Å². The van der Waals surface area contributed by atoms with Crippen LogP contribution in [0.2, 0.25) is 0 Å². The van der Waals surface area contributed by atoms with Crippen molar-refractivity contribution in [3.63, 3.8) is 0 Å². The fourth-order valence-corrected chi connectivity index (χ4v) is 12.8. The van der Waals surface area contributed by atoms with E-state index in [1.807, 2.05) is 0 Å². The highest BCUT2D eigenvalue weighted by atomic mass is 31.2. The molecular formula is C66H127N2O17P. The number of phosphoric ester groups is 1. The summed E-state index contributed by atoms with van der Waals surface area (Å²) in [7, 11) is -4.42. The Hall–Kier alpha value is -1.84. The molecule has 2 amide bonds. The van der Waals surface area contributed by atoms with Crippen molar-refractivity contribution in [1.82, 2.24) is 10.6 Å². The first-order valence-corrected chi connectivity index (χ1v) is 36.1. The van der Waals surface area contributed by atoms with Crippen LogP contribution in [0.4, 0.5) is 0 Å². The maximum atomic E-state index is 14.0. The van der Waals surface area contributed by atoms with E-state index in [4.69, 9.17) is 32.5 Å². The van der Waals surface area contributed by atoms with Crippen LogP contribution >= 0.6 is 7.82 Å². The Balaban J connectivity index is 2.12. The second-order valence-electron chi connectivity index (χ2n) is 25.6. The molecule has 0 aliphatic carbocycles. The van der Waals surface area contributed by atoms with Gasteiger partial charge in [-0.3, -0.25) is 28.0 Å². The van der Waals surface area contributed by atoms with Crippen molar-refractivity contribution in [3.05, 3.63) is 0 Å². The van der Waals surface area contributed by atoms with Crippen molar-refractivity contribution in [3.8, 4) is 0 Å². The summed E-state index contributed by atoms with van der Waals surface area (Å²) in [6, 6.07) is -3.02. The van der Waals surface area contributed by atoms with Gasteiger partial charge in [-0.1, -0.05) is 234 Å². The van der Waals surface area contributed by atoms with E-state index in [1.165, 1.54) is 128 Å². The summed E-state index contributed by atoms with van der Waals surface area (Å²) >= 11 is 0. The molecule has 0 spiro atoms. The molecule has 20 heteroatoms. The van der Waals surface area contributed by atoms with E-state index >= 15 is 0 Å². The van der Waals surface area contributed by atoms with E-state index in [0.717, 1.165) is 88.9 Å². The largest absolute Gasteiger partial charge is 0.477 e. The van der Waals surface area contributed by atoms with Crippen molar-refractivity contribution in [2.24, 2.45) is 11.8 Å². The SMILES string of the molecule is CCCCCCCCCCCCCCCC(=O)O[C@H](CCCCCCCCCCCC(C)C)CC(=O)N[C@H]1[C@H](OC[C@H]2O[C@H](OP(=O)(OCC)OCC)[C@H](NC(=O)C[C@H](O)CCCCCCCCCCCC(C)C)[C@@H](O)[C@@H]2O)O[C@H](CO)[C@@H](O)[C@@H]1O. The van der Waals surface area contributed by atoms with E-state index in [-0.39, 0.29) is 38.4 Å². The van der Waals surface area contributed by atoms with Crippen LogP contribution in [0.15, 0.2) is 0 Å². The number of phosphoric acid groups is 1. The number of carbonyl (C=O) groups is 3. The first-order chi connectivity index (χ1) is 41.4. The van der Waals surface area contributed by atoms with Crippen molar-refractivity contribution < 1.29 is 82.1 Å². The molecule has 8 N–H and O–H groups in total. The van der Waals surface area contributed by atoms with Crippen LogP contribution in [0.1, 0.15) is 292 Å². The summed E-state index contributed by atoms with van der Waals surface area (Å²) in [4.78, 5) is 40.8. The minimum Gasteiger partial charge on any atom is -0.462 e. The van der Waals surface area contributed by atoms with Gasteiger partial charge in [-0.05, 0) is 51.4 Å². The smallest absolute Gasteiger partial charge is 0.462 e. The fraction of sp³-hybridized carbons (Fsp3) is 0.955. The first kappa shape index (κ1) is 80.3. The highest BCUT2D eigenvalue weighted by molar-refractivity contribution is 7.48. The molecule has 0 unspecified atom stereocenters. The predicted octanol–water partition coefficient (Wildman–Crippen LogP) is 12.5. The molecule has 0 aromatic carbocycles. The van der Waals surface area contributed by atoms with E-state index in [1.54, 1.807) is 13.8 Å². The molecule has 0 bridgehead atoms. The molecule has 508 valence electrons. The summed E-state index contributed by atoms with van der Waals surface area (Å²) in [5.74, 6) is -0.241. The summed E-state index contributed by atoms with van der Waals surface area (Å²) in [5.41, 5.74) is 0. The van der Waals surface area contributed by atoms with Crippen molar-refractivity contribution in [2.75, 3.05) is 26.4 Å². The van der Waals surface area contributed by atoms with Crippen LogP contribution in [0.3, 0.4) is 0 Å². The highest BCUT2D eigenvalue weighted by Gasteiger charge is 2.51. The molecule has 12 atom stereocenters. The summed E-state index contributed by atoms with van der Waals surface area (Å²) in [6.45, 7) is 12.8. The van der Waals surface area contributed by atoms with E-state index in [9.17, 15) is 49.6 Å². The van der Waals surface area contributed by atoms with Gasteiger partial charge < -0.3 is 60.2 Å². The van der Waals surface area contributed by atoms with Gasteiger partial charge in [0.25, 0.3) is 0 Å². The van der Waals surface area contributed by atoms with Gasteiger partial charge >= 0.3 is 13.8 Å². The lowest BCUT2D eigenvalue weighted by Crippen LogP contribution is -2.66. The van der Waals surface area contributed by atoms with Gasteiger partial charge in [-0.2, -0.15) is 0 Å². The van der Waals surface area contributed by atoms with Crippen LogP contribution in [0.25, 0.3) is 0 Å². The zero-order valence-electron chi connectivity index (χ0n) is 54.9. The Kier molecular flexibility index (Phi) is 46.5. The van der Waals surface area contributed by atoms with Gasteiger partial charge in [0.05, 0.1) is 45.4 Å². The quantitative estimate of drug-likeness (QED) is 0.0160. The number of nitrogens with one attached hydrogen (secondary N) is 2. The number of carbonyl (C=O) groups excluding carboxylic acids is 3. The lowest BCUT2D eigenvalue weighted by Gasteiger charge is -2.45. The minimum atomic E-state index is -4.42. The second-order valence-corrected chi connectivity index (χ2v) is 27.2. The number of hydrogen-bond donors (Lipinski definition) is 8. The van der Waals surface area contributed by atoms with Crippen molar-refractivity contribution in [2.45, 2.75) is 366 Å². The number of rotatable bonds is 55. The van der Waals surface area contributed by atoms with Crippen LogP contribution in [-0.2, 0) is 51.5 Å². The minimum absolute atomic E-state index is 0.114. The third kappa shape index (κ3) is 36.9. The lowest BCUT2D eigenvalue weighted by atomic mass is 9.95. The molecule has 2 saturated heterocycles. The third-order valence-corrected chi connectivity index (χ3v) is 18.3. The Morgan fingerprint density at radius 3 is 1.31 bits per heavy atom. The number of hydrogen-bond acceptors (Lipinski definition) is 17. The fourth-order valence-electron chi connectivity index (χ4n) is 11.5. The summed E-state index contributed by atoms with van der Waals surface area (Å²) in [5, 5.41) is 71.9. The Morgan fingerprint density at radius 2 is 0.872 bits per heavy atom. The molecule has 0 aromatic rings. The Morgan fingerprint density at radius 1 is 0.488 bits per heavy atom. The maximum Gasteiger partial charge on any atom is 0.477 e. The normalized spacial score (nSPS) is 23.4. The standard InChI is InChI=1S/C66H127N2O17P/c1-8-11-12-13-14-15-16-17-18-25-30-35-40-45-58(73)82-53(44-39-34-29-24-20-22-27-32-37-42-51(6)7)47-57(72)68-59-63(76)61(74)54(48-69)83-65(59)79-49-55-62(75)64(77)60(66(84-55)85-86(78,80-9-2)81-10-3)67-56(71)46-52(70)43-38-33-28-23-19-21-26-31-36-41-50(4)5/h50-55,59-66,69-70,74-77H,8-49H2,1-7H3,(H,67,71)(H,68,72)/t52-,53-,54-,55-,59-,60-,61-,62-,63-,64-,65-,66-/m1/s1. The van der Waals surface area contributed by atoms with E-state index < -0.39 is 106 Å². The molecule has 2 rings (SSSR count). The zero-order chi connectivity index (χ0) is 63.4. The van der Waals surface area contributed by atoms with Crippen LogP contribution < -0.4 is 10.6 Å². The Labute approximate surface area is 520 Å². The average molecular weight is 1250 g/mol. The molecule has 0 radical (unpaired) electrons. The molecule has 19 nitrogen and oxygen atoms in total. The molecule has 2 fully saturated rings. The number of aliphatic hydroxyl groups excluding tert-OH is 6. The molecule has 2 heterocycles. The zero-order valence-corrected chi connectivity index (χ0v) is 55.8. The van der Waals surface area contributed by atoms with E-state index in [2.05, 4.69) is 45.3 Å². The topological polar surface area (TPSA) is 278 Å². The first-order valence-electron chi connectivity index (χ1n) is 34.7. The van der Waals surface area contributed by atoms with Crippen LogP contribution in [0, 0.1) is 11.8 Å².